The van der Waals surface area contributed by atoms with Gasteiger partial charge in [-0.25, -0.2) is 0 Å². The minimum Gasteiger partial charge on any atom is -0.329 e. The number of alkyl halides is 3. The van der Waals surface area contributed by atoms with Gasteiger partial charge in [0, 0.05) is 24.7 Å². The first-order valence-corrected chi connectivity index (χ1v) is 7.32. The van der Waals surface area contributed by atoms with Gasteiger partial charge in [-0.15, -0.1) is 0 Å². The van der Waals surface area contributed by atoms with Crippen LogP contribution in [0.1, 0.15) is 46.0 Å². The number of halogens is 3. The summed E-state index contributed by atoms with van der Waals surface area (Å²) in [4.78, 5) is 2.39. The molecule has 0 aromatic heterocycles. The molecular weight excluding hydrogens is 253 g/mol. The smallest absolute Gasteiger partial charge is 0.329 e. The Labute approximate surface area is 113 Å². The summed E-state index contributed by atoms with van der Waals surface area (Å²) >= 11 is 0. The van der Waals surface area contributed by atoms with Crippen molar-refractivity contribution in [3.63, 3.8) is 0 Å². The van der Waals surface area contributed by atoms with E-state index in [1.54, 1.807) is 0 Å². The van der Waals surface area contributed by atoms with Gasteiger partial charge in [-0.3, -0.25) is 4.90 Å². The van der Waals surface area contributed by atoms with Gasteiger partial charge < -0.3 is 5.73 Å². The van der Waals surface area contributed by atoms with E-state index in [4.69, 9.17) is 5.73 Å². The van der Waals surface area contributed by atoms with Crippen LogP contribution in [0.25, 0.3) is 0 Å². The van der Waals surface area contributed by atoms with Crippen molar-refractivity contribution in [2.24, 2.45) is 17.6 Å². The highest BCUT2D eigenvalue weighted by atomic mass is 19.4. The number of hydrogen-bond donors (Lipinski definition) is 1. The maximum Gasteiger partial charge on any atom is 0.391 e. The molecule has 2 unspecified atom stereocenters. The summed E-state index contributed by atoms with van der Waals surface area (Å²) in [6.45, 7) is 5.85. The Bertz CT molecular complexity index is 308. The van der Waals surface area contributed by atoms with E-state index in [1.807, 2.05) is 0 Å². The van der Waals surface area contributed by atoms with E-state index < -0.39 is 12.1 Å². The molecular formula is C14H25F3N2. The van der Waals surface area contributed by atoms with Crippen LogP contribution in [0, 0.1) is 11.8 Å². The van der Waals surface area contributed by atoms with E-state index in [1.165, 1.54) is 0 Å². The van der Waals surface area contributed by atoms with Crippen LogP contribution in [0.15, 0.2) is 0 Å². The largest absolute Gasteiger partial charge is 0.391 e. The molecule has 1 aliphatic heterocycles. The Morgan fingerprint density at radius 2 is 1.79 bits per heavy atom. The quantitative estimate of drug-likeness (QED) is 0.840. The first kappa shape index (κ1) is 15.1. The SMILES string of the molecule is CC1CC(C)N(C2(CN)CCC(C(F)(F)F)CC2)C1. The molecule has 5 heteroatoms. The molecule has 112 valence electrons. The Morgan fingerprint density at radius 3 is 2.16 bits per heavy atom. The monoisotopic (exact) mass is 278 g/mol. The fraction of sp³-hybridized carbons (Fsp3) is 1.00. The fourth-order valence-corrected chi connectivity index (χ4v) is 4.05. The first-order chi connectivity index (χ1) is 8.78. The zero-order chi connectivity index (χ0) is 14.3. The van der Waals surface area contributed by atoms with Crippen LogP contribution in [0.5, 0.6) is 0 Å². The lowest BCUT2D eigenvalue weighted by atomic mass is 9.75. The molecule has 1 aliphatic carbocycles. The summed E-state index contributed by atoms with van der Waals surface area (Å²) < 4.78 is 38.3. The Kier molecular flexibility index (Phi) is 4.17. The van der Waals surface area contributed by atoms with E-state index in [9.17, 15) is 13.2 Å². The van der Waals surface area contributed by atoms with Gasteiger partial charge in [0.25, 0.3) is 0 Å². The third-order valence-corrected chi connectivity index (χ3v) is 5.15. The van der Waals surface area contributed by atoms with Gasteiger partial charge in [0.05, 0.1) is 5.92 Å². The van der Waals surface area contributed by atoms with E-state index in [0.717, 1.165) is 13.0 Å². The fourth-order valence-electron chi connectivity index (χ4n) is 4.05. The molecule has 0 radical (unpaired) electrons. The number of rotatable bonds is 2. The minimum absolute atomic E-state index is 0.189. The van der Waals surface area contributed by atoms with Crippen molar-refractivity contribution < 1.29 is 13.2 Å². The summed E-state index contributed by atoms with van der Waals surface area (Å²) in [5.41, 5.74) is 5.77. The molecule has 2 atom stereocenters. The van der Waals surface area contributed by atoms with Crippen molar-refractivity contribution in [1.29, 1.82) is 0 Å². The van der Waals surface area contributed by atoms with Crippen molar-refractivity contribution in [3.8, 4) is 0 Å². The molecule has 1 heterocycles. The van der Waals surface area contributed by atoms with Crippen molar-refractivity contribution in [1.82, 2.24) is 4.90 Å². The second-order valence-corrected chi connectivity index (χ2v) is 6.59. The van der Waals surface area contributed by atoms with Crippen LogP contribution in [-0.4, -0.2) is 35.7 Å². The van der Waals surface area contributed by atoms with E-state index in [2.05, 4.69) is 18.7 Å². The second kappa shape index (κ2) is 5.24. The molecule has 1 saturated carbocycles. The molecule has 0 aromatic carbocycles. The predicted molar refractivity (Wildman–Crippen MR) is 69.7 cm³/mol. The summed E-state index contributed by atoms with van der Waals surface area (Å²) in [6, 6.07) is 0.445. The van der Waals surface area contributed by atoms with Crippen LogP contribution in [0.3, 0.4) is 0 Å². The van der Waals surface area contributed by atoms with Crippen molar-refractivity contribution >= 4 is 0 Å². The van der Waals surface area contributed by atoms with Crippen molar-refractivity contribution in [3.05, 3.63) is 0 Å². The molecule has 2 nitrogen and oxygen atoms in total. The molecule has 0 aromatic rings. The molecule has 1 saturated heterocycles. The van der Waals surface area contributed by atoms with Gasteiger partial charge in [0.1, 0.15) is 0 Å². The molecule has 2 N–H and O–H groups in total. The van der Waals surface area contributed by atoms with Gasteiger partial charge in [0.2, 0.25) is 0 Å². The maximum absolute atomic E-state index is 12.8. The summed E-state index contributed by atoms with van der Waals surface area (Å²) in [7, 11) is 0. The summed E-state index contributed by atoms with van der Waals surface area (Å²) in [5.74, 6) is -0.499. The molecule has 0 spiro atoms. The first-order valence-electron chi connectivity index (χ1n) is 7.32. The highest BCUT2D eigenvalue weighted by Gasteiger charge is 2.49. The lowest BCUT2D eigenvalue weighted by Gasteiger charge is -2.48. The van der Waals surface area contributed by atoms with E-state index in [0.29, 0.717) is 31.3 Å². The third-order valence-electron chi connectivity index (χ3n) is 5.15. The van der Waals surface area contributed by atoms with Gasteiger partial charge in [-0.1, -0.05) is 6.92 Å². The van der Waals surface area contributed by atoms with Crippen LogP contribution in [0.2, 0.25) is 0 Å². The Hall–Kier alpha value is -0.290. The zero-order valence-electron chi connectivity index (χ0n) is 11.8. The van der Waals surface area contributed by atoms with Crippen LogP contribution in [0.4, 0.5) is 13.2 Å². The lowest BCUT2D eigenvalue weighted by molar-refractivity contribution is -0.188. The van der Waals surface area contributed by atoms with Gasteiger partial charge in [0.15, 0.2) is 0 Å². The van der Waals surface area contributed by atoms with Crippen LogP contribution >= 0.6 is 0 Å². The average Bonchev–Trinajstić information content (AvgIpc) is 2.68. The molecule has 0 bridgehead atoms. The third kappa shape index (κ3) is 2.92. The normalized spacial score (nSPS) is 41.7. The molecule has 2 rings (SSSR count). The molecule has 19 heavy (non-hydrogen) atoms. The Morgan fingerprint density at radius 1 is 1.21 bits per heavy atom. The summed E-state index contributed by atoms with van der Waals surface area (Å²) in [5, 5.41) is 0. The number of likely N-dealkylation sites (tertiary alicyclic amines) is 1. The standard InChI is InChI=1S/C14H25F3N2/c1-10-7-11(2)19(8-10)13(9-18)5-3-12(4-6-13)14(15,16)17/h10-12H,3-9,18H2,1-2H3. The van der Waals surface area contributed by atoms with Crippen molar-refractivity contribution in [2.45, 2.75) is 63.7 Å². The highest BCUT2D eigenvalue weighted by molar-refractivity contribution is 5.01. The number of hydrogen-bond acceptors (Lipinski definition) is 2. The number of nitrogens with two attached hydrogens (primary N) is 1. The van der Waals surface area contributed by atoms with E-state index in [-0.39, 0.29) is 18.4 Å². The Balaban J connectivity index is 2.06. The van der Waals surface area contributed by atoms with Crippen LogP contribution in [-0.2, 0) is 0 Å². The molecule has 2 aliphatic rings. The average molecular weight is 278 g/mol. The molecule has 0 amide bonds. The highest BCUT2D eigenvalue weighted by Crippen LogP contribution is 2.45. The van der Waals surface area contributed by atoms with Crippen molar-refractivity contribution in [2.75, 3.05) is 13.1 Å². The zero-order valence-corrected chi connectivity index (χ0v) is 11.8. The lowest BCUT2D eigenvalue weighted by Crippen LogP contribution is -2.57. The minimum atomic E-state index is -4.04. The van der Waals surface area contributed by atoms with Gasteiger partial charge in [-0.2, -0.15) is 13.2 Å². The predicted octanol–water partition coefficient (Wildman–Crippen LogP) is 3.17. The summed E-state index contributed by atoms with van der Waals surface area (Å²) in [6.07, 6.45) is -1.26. The molecule has 2 fully saturated rings. The number of nitrogens with zero attached hydrogens (tertiary/aromatic N) is 1. The van der Waals surface area contributed by atoms with Gasteiger partial charge >= 0.3 is 6.18 Å². The van der Waals surface area contributed by atoms with Gasteiger partial charge in [-0.05, 0) is 44.9 Å². The maximum atomic E-state index is 12.8. The second-order valence-electron chi connectivity index (χ2n) is 6.59. The van der Waals surface area contributed by atoms with E-state index >= 15 is 0 Å². The topological polar surface area (TPSA) is 29.3 Å². The van der Waals surface area contributed by atoms with Crippen LogP contribution < -0.4 is 5.73 Å².